The Morgan fingerprint density at radius 2 is 1.96 bits per heavy atom. The predicted molar refractivity (Wildman–Crippen MR) is 88.0 cm³/mol. The topological polar surface area (TPSA) is 67.6 Å². The first-order valence-electron chi connectivity index (χ1n) is 8.11. The first-order valence-corrected chi connectivity index (χ1v) is 8.11. The van der Waals surface area contributed by atoms with Crippen molar-refractivity contribution in [3.05, 3.63) is 29.8 Å². The van der Waals surface area contributed by atoms with Crippen molar-refractivity contribution >= 4 is 0 Å². The molecule has 0 amide bonds. The van der Waals surface area contributed by atoms with Gasteiger partial charge in [-0.3, -0.25) is 0 Å². The lowest BCUT2D eigenvalue weighted by molar-refractivity contribution is 0.0578. The van der Waals surface area contributed by atoms with Gasteiger partial charge >= 0.3 is 0 Å². The normalized spacial score (nSPS) is 13.5. The highest BCUT2D eigenvalue weighted by molar-refractivity contribution is 5.49. The highest BCUT2D eigenvalue weighted by atomic mass is 16.6. The van der Waals surface area contributed by atoms with Gasteiger partial charge in [0.15, 0.2) is 23.1 Å². The smallest absolute Gasteiger partial charge is 0.163 e. The average molecular weight is 333 g/mol. The van der Waals surface area contributed by atoms with E-state index in [4.69, 9.17) is 18.9 Å². The molecule has 130 valence electrons. The maximum Gasteiger partial charge on any atom is 0.163 e. The highest BCUT2D eigenvalue weighted by Gasteiger charge is 2.17. The number of rotatable bonds is 7. The van der Waals surface area contributed by atoms with Crippen LogP contribution in [0.1, 0.15) is 31.4 Å². The maximum atomic E-state index is 5.66. The third-order valence-corrected chi connectivity index (χ3v) is 3.64. The van der Waals surface area contributed by atoms with E-state index < -0.39 is 0 Å². The molecule has 0 fully saturated rings. The number of fused-ring (bicyclic) bond motifs is 1. The van der Waals surface area contributed by atoms with E-state index in [1.165, 1.54) is 0 Å². The summed E-state index contributed by atoms with van der Waals surface area (Å²) < 4.78 is 23.7. The van der Waals surface area contributed by atoms with E-state index in [0.29, 0.717) is 33.0 Å². The molecule has 0 saturated heterocycles. The summed E-state index contributed by atoms with van der Waals surface area (Å²) in [5.41, 5.74) is 0.879. The molecule has 1 aromatic carbocycles. The third kappa shape index (κ3) is 3.68. The summed E-state index contributed by atoms with van der Waals surface area (Å²) in [5, 5.41) is 4.63. The van der Waals surface area contributed by atoms with Crippen molar-refractivity contribution in [1.29, 1.82) is 0 Å². The molecule has 1 aliphatic rings. The van der Waals surface area contributed by atoms with Crippen LogP contribution < -0.4 is 9.47 Å². The van der Waals surface area contributed by atoms with Crippen LogP contribution >= 0.6 is 0 Å². The van der Waals surface area contributed by atoms with E-state index >= 15 is 0 Å². The van der Waals surface area contributed by atoms with Gasteiger partial charge in [0.05, 0.1) is 18.9 Å². The lowest BCUT2D eigenvalue weighted by Gasteiger charge is -2.19. The molecule has 7 heteroatoms. The second-order valence-electron chi connectivity index (χ2n) is 5.83. The molecule has 24 heavy (non-hydrogen) atoms. The summed E-state index contributed by atoms with van der Waals surface area (Å²) in [6.45, 7) is 6.70. The zero-order valence-electron chi connectivity index (χ0n) is 14.3. The minimum absolute atomic E-state index is 0.237. The zero-order valence-corrected chi connectivity index (χ0v) is 14.3. The molecule has 2 aromatic rings. The molecule has 2 heterocycles. The molecule has 0 aliphatic carbocycles. The summed E-state index contributed by atoms with van der Waals surface area (Å²) >= 11 is 0. The van der Waals surface area contributed by atoms with E-state index in [1.54, 1.807) is 11.8 Å². The molecular weight excluding hydrogens is 310 g/mol. The largest absolute Gasteiger partial charge is 0.486 e. The Hall–Kier alpha value is -2.12. The lowest BCUT2D eigenvalue weighted by Crippen LogP contribution is -2.16. The Labute approximate surface area is 141 Å². The van der Waals surface area contributed by atoms with E-state index in [9.17, 15) is 0 Å². The van der Waals surface area contributed by atoms with Gasteiger partial charge in [0.25, 0.3) is 0 Å². The molecule has 0 atom stereocenters. The SMILES string of the molecule is COCCOCc1nc(C(C)C)nn1-c1ccc2c(c1)OCCO2. The molecule has 0 unspecified atom stereocenters. The Morgan fingerprint density at radius 3 is 2.71 bits per heavy atom. The van der Waals surface area contributed by atoms with Crippen LogP contribution in [0.25, 0.3) is 5.69 Å². The molecule has 1 aliphatic heterocycles. The Morgan fingerprint density at radius 1 is 1.17 bits per heavy atom. The Kier molecular flexibility index (Phi) is 5.32. The molecular formula is C17H23N3O4. The summed E-state index contributed by atoms with van der Waals surface area (Å²) in [4.78, 5) is 4.61. The van der Waals surface area contributed by atoms with Gasteiger partial charge in [0, 0.05) is 19.1 Å². The third-order valence-electron chi connectivity index (χ3n) is 3.64. The monoisotopic (exact) mass is 333 g/mol. The van der Waals surface area contributed by atoms with E-state index in [-0.39, 0.29) is 5.92 Å². The highest BCUT2D eigenvalue weighted by Crippen LogP contribution is 2.32. The molecule has 0 saturated carbocycles. The Bertz CT molecular complexity index is 684. The number of ether oxygens (including phenoxy) is 4. The van der Waals surface area contributed by atoms with Crippen LogP contribution in [-0.4, -0.2) is 48.3 Å². The second-order valence-corrected chi connectivity index (χ2v) is 5.83. The Balaban J connectivity index is 1.87. The minimum atomic E-state index is 0.237. The van der Waals surface area contributed by atoms with Crippen LogP contribution in [0.5, 0.6) is 11.5 Å². The van der Waals surface area contributed by atoms with E-state index in [1.807, 2.05) is 18.2 Å². The summed E-state index contributed by atoms with van der Waals surface area (Å²) in [6.07, 6.45) is 0. The van der Waals surface area contributed by atoms with Gasteiger partial charge in [-0.05, 0) is 12.1 Å². The van der Waals surface area contributed by atoms with Crippen molar-refractivity contribution in [2.45, 2.75) is 26.4 Å². The van der Waals surface area contributed by atoms with Gasteiger partial charge in [-0.1, -0.05) is 13.8 Å². The number of nitrogens with zero attached hydrogens (tertiary/aromatic N) is 3. The average Bonchev–Trinajstić information content (AvgIpc) is 3.03. The first kappa shape index (κ1) is 16.7. The molecule has 7 nitrogen and oxygen atoms in total. The van der Waals surface area contributed by atoms with Crippen LogP contribution in [0, 0.1) is 0 Å². The predicted octanol–water partition coefficient (Wildman–Crippen LogP) is 2.32. The quantitative estimate of drug-likeness (QED) is 0.725. The fourth-order valence-electron chi connectivity index (χ4n) is 2.38. The fourth-order valence-corrected chi connectivity index (χ4v) is 2.38. The summed E-state index contributed by atoms with van der Waals surface area (Å²) in [6, 6.07) is 5.77. The van der Waals surface area contributed by atoms with Crippen LogP contribution in [0.4, 0.5) is 0 Å². The van der Waals surface area contributed by atoms with Crippen LogP contribution in [0.2, 0.25) is 0 Å². The fraction of sp³-hybridized carbons (Fsp3) is 0.529. The van der Waals surface area contributed by atoms with Crippen LogP contribution in [0.3, 0.4) is 0 Å². The second kappa shape index (κ2) is 7.63. The maximum absolute atomic E-state index is 5.66. The number of methoxy groups -OCH3 is 1. The molecule has 0 N–H and O–H groups in total. The van der Waals surface area contributed by atoms with Gasteiger partial charge in [0.1, 0.15) is 19.8 Å². The van der Waals surface area contributed by atoms with E-state index in [0.717, 1.165) is 28.8 Å². The molecule has 1 aromatic heterocycles. The van der Waals surface area contributed by atoms with E-state index in [2.05, 4.69) is 23.9 Å². The van der Waals surface area contributed by atoms with Gasteiger partial charge in [0.2, 0.25) is 0 Å². The summed E-state index contributed by atoms with van der Waals surface area (Å²) in [7, 11) is 1.65. The number of hydrogen-bond acceptors (Lipinski definition) is 6. The van der Waals surface area contributed by atoms with Crippen LogP contribution in [-0.2, 0) is 16.1 Å². The van der Waals surface area contributed by atoms with Gasteiger partial charge in [-0.25, -0.2) is 9.67 Å². The van der Waals surface area contributed by atoms with Crippen molar-refractivity contribution in [3.63, 3.8) is 0 Å². The lowest BCUT2D eigenvalue weighted by atomic mass is 10.2. The van der Waals surface area contributed by atoms with Crippen LogP contribution in [0.15, 0.2) is 18.2 Å². The molecule has 3 rings (SSSR count). The zero-order chi connectivity index (χ0) is 16.9. The van der Waals surface area contributed by atoms with Crippen molar-refractivity contribution < 1.29 is 18.9 Å². The minimum Gasteiger partial charge on any atom is -0.486 e. The van der Waals surface area contributed by atoms with Crippen molar-refractivity contribution in [2.24, 2.45) is 0 Å². The number of aromatic nitrogens is 3. The number of hydrogen-bond donors (Lipinski definition) is 0. The molecule has 0 radical (unpaired) electrons. The van der Waals surface area contributed by atoms with Crippen molar-refractivity contribution in [2.75, 3.05) is 33.5 Å². The molecule has 0 spiro atoms. The molecule has 0 bridgehead atoms. The van der Waals surface area contributed by atoms with Gasteiger partial charge in [-0.2, -0.15) is 5.10 Å². The van der Waals surface area contributed by atoms with Gasteiger partial charge in [-0.15, -0.1) is 0 Å². The first-order chi connectivity index (χ1) is 11.7. The standard InChI is InChI=1S/C17H23N3O4/c1-12(2)17-18-16(11-22-7-6-21-3)20(19-17)13-4-5-14-15(10-13)24-9-8-23-14/h4-5,10,12H,6-9,11H2,1-3H3. The van der Waals surface area contributed by atoms with Crippen molar-refractivity contribution in [1.82, 2.24) is 14.8 Å². The number of benzene rings is 1. The van der Waals surface area contributed by atoms with Gasteiger partial charge < -0.3 is 18.9 Å². The summed E-state index contributed by atoms with van der Waals surface area (Å²) in [5.74, 6) is 3.27. The van der Waals surface area contributed by atoms with Crippen molar-refractivity contribution in [3.8, 4) is 17.2 Å².